The van der Waals surface area contributed by atoms with Crippen LogP contribution in [-0.2, 0) is 5.75 Å². The first-order valence-corrected chi connectivity index (χ1v) is 7.75. The van der Waals surface area contributed by atoms with Crippen molar-refractivity contribution in [3.05, 3.63) is 69.2 Å². The molecular formula is C14H11ClN2O2S2. The highest BCUT2D eigenvalue weighted by Crippen LogP contribution is 2.28. The number of hydrogen-bond acceptors (Lipinski definition) is 4. The van der Waals surface area contributed by atoms with Crippen LogP contribution < -0.4 is 5.32 Å². The van der Waals surface area contributed by atoms with E-state index in [0.717, 1.165) is 11.3 Å². The Balaban J connectivity index is 1.97. The molecule has 0 saturated heterocycles. The molecule has 0 fully saturated rings. The summed E-state index contributed by atoms with van der Waals surface area (Å²) in [5.74, 6) is 0.738. The maximum absolute atomic E-state index is 10.8. The Morgan fingerprint density at radius 1 is 1.29 bits per heavy atom. The lowest BCUT2D eigenvalue weighted by molar-refractivity contribution is -0.384. The van der Waals surface area contributed by atoms with E-state index in [2.05, 4.69) is 5.32 Å². The highest BCUT2D eigenvalue weighted by Gasteiger charge is 2.13. The Hall–Kier alpha value is -1.63. The lowest BCUT2D eigenvalue weighted by Crippen LogP contribution is -2.05. The topological polar surface area (TPSA) is 55.2 Å². The van der Waals surface area contributed by atoms with Gasteiger partial charge in [0, 0.05) is 17.5 Å². The number of nitrogens with one attached hydrogen (secondary N) is 1. The van der Waals surface area contributed by atoms with Gasteiger partial charge in [0.1, 0.15) is 9.34 Å². The SMILES string of the molecule is O=[N+]([O-])c1cc(NC(=S)SCc2ccccc2)ccc1Cl. The van der Waals surface area contributed by atoms with Gasteiger partial charge in [-0.1, -0.05) is 65.9 Å². The second kappa shape index (κ2) is 7.40. The van der Waals surface area contributed by atoms with E-state index in [-0.39, 0.29) is 10.7 Å². The second-order valence-corrected chi connectivity index (χ2v) is 6.17. The number of halogens is 1. The Labute approximate surface area is 136 Å². The fourth-order valence-corrected chi connectivity index (χ4v) is 2.77. The van der Waals surface area contributed by atoms with Crippen LogP contribution in [0.5, 0.6) is 0 Å². The summed E-state index contributed by atoms with van der Waals surface area (Å²) >= 11 is 12.4. The molecule has 0 atom stereocenters. The van der Waals surface area contributed by atoms with Crippen LogP contribution in [0.15, 0.2) is 48.5 Å². The molecule has 21 heavy (non-hydrogen) atoms. The van der Waals surface area contributed by atoms with E-state index in [1.807, 2.05) is 30.3 Å². The minimum absolute atomic E-state index is 0.105. The van der Waals surface area contributed by atoms with Crippen LogP contribution in [0, 0.1) is 10.1 Å². The summed E-state index contributed by atoms with van der Waals surface area (Å²) in [5, 5.41) is 13.9. The van der Waals surface area contributed by atoms with Gasteiger partial charge in [-0.15, -0.1) is 0 Å². The van der Waals surface area contributed by atoms with Crippen LogP contribution in [0.25, 0.3) is 0 Å². The Morgan fingerprint density at radius 2 is 2.00 bits per heavy atom. The number of thioether (sulfide) groups is 1. The zero-order valence-corrected chi connectivity index (χ0v) is 13.2. The maximum atomic E-state index is 10.8. The third-order valence-corrected chi connectivity index (χ3v) is 4.22. The number of nitro benzene ring substituents is 1. The molecule has 0 aliphatic heterocycles. The molecule has 0 aliphatic rings. The van der Waals surface area contributed by atoms with E-state index in [1.54, 1.807) is 6.07 Å². The summed E-state index contributed by atoms with van der Waals surface area (Å²) in [6, 6.07) is 14.4. The smallest absolute Gasteiger partial charge is 0.289 e. The number of benzene rings is 2. The number of nitro groups is 1. The van der Waals surface area contributed by atoms with Gasteiger partial charge in [0.25, 0.3) is 5.69 Å². The molecule has 4 nitrogen and oxygen atoms in total. The molecule has 0 amide bonds. The molecule has 0 bridgehead atoms. The predicted octanol–water partition coefficient (Wildman–Crippen LogP) is 4.88. The van der Waals surface area contributed by atoms with E-state index in [1.165, 1.54) is 23.9 Å². The number of anilines is 1. The predicted molar refractivity (Wildman–Crippen MR) is 92.1 cm³/mol. The summed E-state index contributed by atoms with van der Waals surface area (Å²) in [5.41, 5.74) is 1.57. The van der Waals surface area contributed by atoms with Crippen molar-refractivity contribution in [2.75, 3.05) is 5.32 Å². The number of nitrogens with zero attached hydrogens (tertiary/aromatic N) is 1. The lowest BCUT2D eigenvalue weighted by atomic mass is 10.2. The van der Waals surface area contributed by atoms with Crippen LogP contribution in [0.2, 0.25) is 5.02 Å². The molecule has 0 aromatic heterocycles. The summed E-state index contributed by atoms with van der Waals surface area (Å²) in [4.78, 5) is 10.3. The molecule has 0 heterocycles. The van der Waals surface area contributed by atoms with Gasteiger partial charge >= 0.3 is 0 Å². The van der Waals surface area contributed by atoms with E-state index < -0.39 is 4.92 Å². The van der Waals surface area contributed by atoms with Gasteiger partial charge < -0.3 is 5.32 Å². The molecule has 108 valence electrons. The van der Waals surface area contributed by atoms with Crippen LogP contribution in [0.4, 0.5) is 11.4 Å². The fourth-order valence-electron chi connectivity index (χ4n) is 1.61. The fraction of sp³-hybridized carbons (Fsp3) is 0.0714. The average molecular weight is 339 g/mol. The van der Waals surface area contributed by atoms with Crippen LogP contribution in [-0.4, -0.2) is 9.24 Å². The largest absolute Gasteiger partial charge is 0.341 e. The van der Waals surface area contributed by atoms with Gasteiger partial charge in [0.2, 0.25) is 0 Å². The minimum atomic E-state index is -0.520. The second-order valence-electron chi connectivity index (χ2n) is 4.11. The van der Waals surface area contributed by atoms with Gasteiger partial charge in [-0.3, -0.25) is 10.1 Å². The zero-order chi connectivity index (χ0) is 15.2. The van der Waals surface area contributed by atoms with Gasteiger partial charge in [-0.2, -0.15) is 0 Å². The summed E-state index contributed by atoms with van der Waals surface area (Å²) < 4.78 is 0.551. The Bertz CT molecular complexity index is 665. The summed E-state index contributed by atoms with van der Waals surface area (Å²) in [6.45, 7) is 0. The van der Waals surface area contributed by atoms with Crippen molar-refractivity contribution in [2.45, 2.75) is 5.75 Å². The van der Waals surface area contributed by atoms with E-state index >= 15 is 0 Å². The lowest BCUT2D eigenvalue weighted by Gasteiger charge is -2.08. The molecule has 2 aromatic carbocycles. The summed E-state index contributed by atoms with van der Waals surface area (Å²) in [6.07, 6.45) is 0. The van der Waals surface area contributed by atoms with Gasteiger partial charge in [0.15, 0.2) is 0 Å². The highest BCUT2D eigenvalue weighted by molar-refractivity contribution is 8.22. The highest BCUT2D eigenvalue weighted by atomic mass is 35.5. The first kappa shape index (κ1) is 15.8. The number of hydrogen-bond donors (Lipinski definition) is 1. The van der Waals surface area contributed by atoms with E-state index in [9.17, 15) is 10.1 Å². The molecule has 0 saturated carbocycles. The quantitative estimate of drug-likeness (QED) is 0.489. The molecule has 2 aromatic rings. The van der Waals surface area contributed by atoms with E-state index in [0.29, 0.717) is 10.0 Å². The van der Waals surface area contributed by atoms with Crippen molar-refractivity contribution in [3.8, 4) is 0 Å². The van der Waals surface area contributed by atoms with Crippen LogP contribution in [0.1, 0.15) is 5.56 Å². The first-order valence-electron chi connectivity index (χ1n) is 5.98. The molecule has 7 heteroatoms. The Morgan fingerprint density at radius 3 is 2.67 bits per heavy atom. The Kier molecular flexibility index (Phi) is 5.55. The molecular weight excluding hydrogens is 328 g/mol. The van der Waals surface area contributed by atoms with Crippen molar-refractivity contribution in [1.82, 2.24) is 0 Å². The van der Waals surface area contributed by atoms with Gasteiger partial charge in [-0.05, 0) is 17.7 Å². The molecule has 0 radical (unpaired) electrons. The van der Waals surface area contributed by atoms with Crippen LogP contribution in [0.3, 0.4) is 0 Å². The van der Waals surface area contributed by atoms with Crippen molar-refractivity contribution in [3.63, 3.8) is 0 Å². The zero-order valence-electron chi connectivity index (χ0n) is 10.8. The first-order chi connectivity index (χ1) is 10.1. The molecule has 1 N–H and O–H groups in total. The monoisotopic (exact) mass is 338 g/mol. The number of rotatable bonds is 4. The van der Waals surface area contributed by atoms with Crippen molar-refractivity contribution in [1.29, 1.82) is 0 Å². The summed E-state index contributed by atoms with van der Waals surface area (Å²) in [7, 11) is 0. The maximum Gasteiger partial charge on any atom is 0.289 e. The average Bonchev–Trinajstić information content (AvgIpc) is 2.48. The normalized spacial score (nSPS) is 10.1. The molecule has 0 unspecified atom stereocenters. The van der Waals surface area contributed by atoms with E-state index in [4.69, 9.17) is 23.8 Å². The van der Waals surface area contributed by atoms with Gasteiger partial charge in [0.05, 0.1) is 4.92 Å². The molecule has 0 spiro atoms. The minimum Gasteiger partial charge on any atom is -0.341 e. The van der Waals surface area contributed by atoms with Crippen molar-refractivity contribution in [2.24, 2.45) is 0 Å². The van der Waals surface area contributed by atoms with Crippen molar-refractivity contribution < 1.29 is 4.92 Å². The third-order valence-electron chi connectivity index (χ3n) is 2.60. The molecule has 2 rings (SSSR count). The van der Waals surface area contributed by atoms with Crippen LogP contribution >= 0.6 is 35.6 Å². The van der Waals surface area contributed by atoms with Crippen molar-refractivity contribution >= 4 is 51.3 Å². The number of thiocarbonyl (C=S) groups is 1. The van der Waals surface area contributed by atoms with Gasteiger partial charge in [-0.25, -0.2) is 0 Å². The molecule has 0 aliphatic carbocycles. The third kappa shape index (κ3) is 4.70. The standard InChI is InChI=1S/C14H11ClN2O2S2/c15-12-7-6-11(8-13(12)17(18)19)16-14(20)21-9-10-4-2-1-3-5-10/h1-8H,9H2,(H,16,20).